The summed E-state index contributed by atoms with van der Waals surface area (Å²) in [6, 6.07) is 0. The van der Waals surface area contributed by atoms with Crippen molar-refractivity contribution in [3.8, 4) is 0 Å². The van der Waals surface area contributed by atoms with Crippen molar-refractivity contribution in [2.75, 3.05) is 19.1 Å². The molecule has 0 aliphatic heterocycles. The Kier molecular flexibility index (Phi) is 16.0. The van der Waals surface area contributed by atoms with Crippen LogP contribution in [0.2, 0.25) is 0 Å². The molecule has 0 aliphatic carbocycles. The van der Waals surface area contributed by atoms with E-state index in [9.17, 15) is 0 Å². The molecule has 0 aromatic rings. The predicted molar refractivity (Wildman–Crippen MR) is 44.8 cm³/mol. The Hall–Kier alpha value is 0.500. The van der Waals surface area contributed by atoms with Gasteiger partial charge in [0.25, 0.3) is 0 Å². The van der Waals surface area contributed by atoms with E-state index in [0.717, 1.165) is 0 Å². The predicted octanol–water partition coefficient (Wildman–Crippen LogP) is 1.21. The monoisotopic (exact) mass is 188 g/mol. The maximum Gasteiger partial charge on any atom is 0.0592 e. The van der Waals surface area contributed by atoms with Gasteiger partial charge in [-0.25, -0.2) is 0 Å². The highest BCUT2D eigenvalue weighted by atomic mass is 35.5. The van der Waals surface area contributed by atoms with Crippen LogP contribution in [0.3, 0.4) is 0 Å². The second-order valence-electron chi connectivity index (χ2n) is 1.73. The van der Waals surface area contributed by atoms with Crippen LogP contribution in [-0.2, 0) is 0 Å². The molecule has 0 saturated heterocycles. The maximum atomic E-state index is 8.01. The summed E-state index contributed by atoms with van der Waals surface area (Å²) >= 11 is 10.4. The average Bonchev–Trinajstić information content (AvgIpc) is 1.91. The molecule has 1 unspecified atom stereocenters. The summed E-state index contributed by atoms with van der Waals surface area (Å²) < 4.78 is 0. The fourth-order valence-corrected chi connectivity index (χ4v) is 0.179. The number of hydrogen-bond donors (Lipinski definition) is 2. The normalized spacial score (nSPS) is 11.7. The molecule has 10 heavy (non-hydrogen) atoms. The SMILES string of the molecule is CC(Cl)CO.OCCCCl. The molecule has 0 fully saturated rings. The fourth-order valence-electron chi connectivity index (χ4n) is 0.0598. The fraction of sp³-hybridized carbons (Fsp3) is 1.00. The molecular weight excluding hydrogens is 175 g/mol. The van der Waals surface area contributed by atoms with Gasteiger partial charge in [-0.2, -0.15) is 0 Å². The zero-order valence-electron chi connectivity index (χ0n) is 6.06. The Morgan fingerprint density at radius 2 is 1.80 bits per heavy atom. The third-order valence-corrected chi connectivity index (χ3v) is 0.949. The smallest absolute Gasteiger partial charge is 0.0592 e. The number of hydrogen-bond acceptors (Lipinski definition) is 2. The molecule has 0 amide bonds. The van der Waals surface area contributed by atoms with E-state index in [1.54, 1.807) is 6.92 Å². The molecule has 0 heterocycles. The molecule has 2 N–H and O–H groups in total. The van der Waals surface area contributed by atoms with E-state index in [2.05, 4.69) is 0 Å². The zero-order chi connectivity index (χ0) is 8.41. The Bertz CT molecular complexity index is 49.0. The van der Waals surface area contributed by atoms with Gasteiger partial charge in [0.2, 0.25) is 0 Å². The van der Waals surface area contributed by atoms with Crippen molar-refractivity contribution < 1.29 is 10.2 Å². The third-order valence-electron chi connectivity index (χ3n) is 0.543. The highest BCUT2D eigenvalue weighted by molar-refractivity contribution is 6.20. The summed E-state index contributed by atoms with van der Waals surface area (Å²) in [5.74, 6) is 0.566. The van der Waals surface area contributed by atoms with Crippen LogP contribution in [0.1, 0.15) is 13.3 Å². The Morgan fingerprint density at radius 1 is 1.40 bits per heavy atom. The van der Waals surface area contributed by atoms with E-state index in [4.69, 9.17) is 33.4 Å². The molecule has 1 atom stereocenters. The van der Waals surface area contributed by atoms with Crippen LogP contribution in [-0.4, -0.2) is 34.7 Å². The minimum atomic E-state index is -0.0880. The van der Waals surface area contributed by atoms with E-state index in [-0.39, 0.29) is 18.6 Å². The Labute approximate surface area is 71.8 Å². The first-order chi connectivity index (χ1) is 4.68. The minimum absolute atomic E-state index is 0.0710. The van der Waals surface area contributed by atoms with Gasteiger partial charge in [0.15, 0.2) is 0 Å². The van der Waals surface area contributed by atoms with Crippen LogP contribution < -0.4 is 0 Å². The van der Waals surface area contributed by atoms with Crippen LogP contribution in [0.4, 0.5) is 0 Å². The summed E-state index contributed by atoms with van der Waals surface area (Å²) in [6.07, 6.45) is 0.710. The molecular formula is C6H14Cl2O2. The molecule has 0 radical (unpaired) electrons. The van der Waals surface area contributed by atoms with Crippen molar-refractivity contribution in [3.05, 3.63) is 0 Å². The van der Waals surface area contributed by atoms with E-state index in [1.165, 1.54) is 0 Å². The van der Waals surface area contributed by atoms with Crippen LogP contribution in [0, 0.1) is 0 Å². The number of aliphatic hydroxyl groups is 2. The van der Waals surface area contributed by atoms with Gasteiger partial charge in [-0.05, 0) is 13.3 Å². The van der Waals surface area contributed by atoms with Gasteiger partial charge >= 0.3 is 0 Å². The van der Waals surface area contributed by atoms with E-state index in [0.29, 0.717) is 12.3 Å². The lowest BCUT2D eigenvalue weighted by Gasteiger charge is -1.87. The van der Waals surface area contributed by atoms with Crippen molar-refractivity contribution in [2.45, 2.75) is 18.7 Å². The molecule has 0 saturated carbocycles. The molecule has 0 aromatic heterocycles. The van der Waals surface area contributed by atoms with E-state index >= 15 is 0 Å². The summed E-state index contributed by atoms with van der Waals surface area (Å²) in [5, 5.41) is 15.9. The molecule has 0 rings (SSSR count). The second-order valence-corrected chi connectivity index (χ2v) is 2.85. The first-order valence-corrected chi connectivity index (χ1v) is 4.07. The summed E-state index contributed by atoms with van der Waals surface area (Å²) in [4.78, 5) is 0. The minimum Gasteiger partial charge on any atom is -0.396 e. The zero-order valence-corrected chi connectivity index (χ0v) is 7.57. The van der Waals surface area contributed by atoms with Crippen molar-refractivity contribution in [1.29, 1.82) is 0 Å². The molecule has 0 bridgehead atoms. The summed E-state index contributed by atoms with van der Waals surface area (Å²) in [5.41, 5.74) is 0. The van der Waals surface area contributed by atoms with Gasteiger partial charge in [-0.3, -0.25) is 0 Å². The highest BCUT2D eigenvalue weighted by Crippen LogP contribution is 1.86. The lowest BCUT2D eigenvalue weighted by Crippen LogP contribution is -1.94. The average molecular weight is 189 g/mol. The molecule has 0 spiro atoms. The van der Waals surface area contributed by atoms with Crippen LogP contribution in [0.25, 0.3) is 0 Å². The number of rotatable bonds is 3. The topological polar surface area (TPSA) is 40.5 Å². The Morgan fingerprint density at radius 3 is 1.80 bits per heavy atom. The van der Waals surface area contributed by atoms with Gasteiger partial charge in [0.1, 0.15) is 0 Å². The number of aliphatic hydroxyl groups excluding tert-OH is 2. The number of alkyl halides is 2. The molecule has 4 heteroatoms. The first kappa shape index (κ1) is 13.1. The molecule has 0 aliphatic rings. The second kappa shape index (κ2) is 12.2. The van der Waals surface area contributed by atoms with Gasteiger partial charge in [-0.1, -0.05) is 0 Å². The van der Waals surface area contributed by atoms with Crippen molar-refractivity contribution in [2.24, 2.45) is 0 Å². The van der Waals surface area contributed by atoms with Crippen LogP contribution in [0.15, 0.2) is 0 Å². The summed E-state index contributed by atoms with van der Waals surface area (Å²) in [6.45, 7) is 2.02. The van der Waals surface area contributed by atoms with Gasteiger partial charge < -0.3 is 10.2 Å². The van der Waals surface area contributed by atoms with Gasteiger partial charge in [0.05, 0.1) is 12.0 Å². The lowest BCUT2D eigenvalue weighted by molar-refractivity contribution is 0.296. The Balaban J connectivity index is 0. The van der Waals surface area contributed by atoms with Crippen LogP contribution in [0.5, 0.6) is 0 Å². The molecule has 64 valence electrons. The highest BCUT2D eigenvalue weighted by Gasteiger charge is 1.84. The first-order valence-electron chi connectivity index (χ1n) is 3.10. The van der Waals surface area contributed by atoms with E-state index in [1.807, 2.05) is 0 Å². The third kappa shape index (κ3) is 23.6. The van der Waals surface area contributed by atoms with Crippen molar-refractivity contribution in [3.63, 3.8) is 0 Å². The maximum absolute atomic E-state index is 8.01. The van der Waals surface area contributed by atoms with E-state index < -0.39 is 0 Å². The number of halogens is 2. The molecule has 0 aromatic carbocycles. The van der Waals surface area contributed by atoms with Crippen molar-refractivity contribution in [1.82, 2.24) is 0 Å². The van der Waals surface area contributed by atoms with Crippen molar-refractivity contribution >= 4 is 23.2 Å². The standard InChI is InChI=1S/2C3H7ClO/c1-3(4)2-5;4-2-1-3-5/h3,5H,2H2,1H3;5H,1-3H2. The molecule has 2 nitrogen and oxygen atoms in total. The quantitative estimate of drug-likeness (QED) is 0.655. The lowest BCUT2D eigenvalue weighted by atomic mass is 10.5. The van der Waals surface area contributed by atoms with Gasteiger partial charge in [-0.15, -0.1) is 23.2 Å². The van der Waals surface area contributed by atoms with Crippen LogP contribution >= 0.6 is 23.2 Å². The summed E-state index contributed by atoms with van der Waals surface area (Å²) in [7, 11) is 0. The largest absolute Gasteiger partial charge is 0.396 e. The van der Waals surface area contributed by atoms with Gasteiger partial charge in [0, 0.05) is 12.5 Å².